The van der Waals surface area contributed by atoms with E-state index in [1.807, 2.05) is 37.7 Å². The summed E-state index contributed by atoms with van der Waals surface area (Å²) >= 11 is 0. The Labute approximate surface area is 227 Å². The van der Waals surface area contributed by atoms with Gasteiger partial charge in [-0.3, -0.25) is 9.88 Å². The van der Waals surface area contributed by atoms with Crippen molar-refractivity contribution >= 4 is 11.0 Å². The molecule has 1 aromatic carbocycles. The molecule has 6 rings (SSSR count). The van der Waals surface area contributed by atoms with Crippen LogP contribution in [-0.2, 0) is 17.7 Å². The number of piperidine rings is 1. The number of nitrogens with zero attached hydrogens (tertiary/aromatic N) is 6. The molecule has 4 aromatic rings. The van der Waals surface area contributed by atoms with Crippen molar-refractivity contribution in [2.75, 3.05) is 19.7 Å². The molecule has 0 spiro atoms. The number of halogens is 2. The van der Waals surface area contributed by atoms with Gasteiger partial charge in [-0.2, -0.15) is 0 Å². The van der Waals surface area contributed by atoms with Crippen molar-refractivity contribution in [1.29, 1.82) is 0 Å². The lowest BCUT2D eigenvalue weighted by Crippen LogP contribution is -2.46. The number of ether oxygens (including phenoxy) is 1. The van der Waals surface area contributed by atoms with Crippen molar-refractivity contribution < 1.29 is 13.5 Å². The van der Waals surface area contributed by atoms with E-state index in [4.69, 9.17) is 4.74 Å². The fraction of sp³-hybridized carbons (Fsp3) is 0.467. The molecule has 0 N–H and O–H groups in total. The second-order valence-electron chi connectivity index (χ2n) is 11.1. The minimum absolute atomic E-state index is 0.0926. The molecule has 2 atom stereocenters. The molecule has 2 unspecified atom stereocenters. The highest BCUT2D eigenvalue weighted by atomic mass is 19.1. The van der Waals surface area contributed by atoms with E-state index in [2.05, 4.69) is 24.8 Å². The van der Waals surface area contributed by atoms with E-state index in [1.165, 1.54) is 31.5 Å². The average Bonchev–Trinajstić information content (AvgIpc) is 3.27. The Morgan fingerprint density at radius 1 is 1.03 bits per heavy atom. The Kier molecular flexibility index (Phi) is 7.12. The van der Waals surface area contributed by atoms with Crippen molar-refractivity contribution in [1.82, 2.24) is 29.4 Å². The molecular formula is C30H34F2N6O. The van der Waals surface area contributed by atoms with Gasteiger partial charge in [-0.15, -0.1) is 0 Å². The van der Waals surface area contributed by atoms with Crippen LogP contribution in [0.3, 0.4) is 0 Å². The van der Waals surface area contributed by atoms with Crippen LogP contribution in [0.1, 0.15) is 62.1 Å². The zero-order chi connectivity index (χ0) is 27.1. The van der Waals surface area contributed by atoms with E-state index in [0.717, 1.165) is 37.6 Å². The number of pyridine rings is 1. The van der Waals surface area contributed by atoms with Gasteiger partial charge in [0.1, 0.15) is 23.0 Å². The number of aromatic nitrogens is 5. The predicted molar refractivity (Wildman–Crippen MR) is 145 cm³/mol. The van der Waals surface area contributed by atoms with Crippen molar-refractivity contribution in [3.63, 3.8) is 0 Å². The molecule has 9 heteroatoms. The average molecular weight is 533 g/mol. The first-order chi connectivity index (χ1) is 18.9. The second kappa shape index (κ2) is 10.7. The van der Waals surface area contributed by atoms with Crippen LogP contribution in [0, 0.1) is 24.5 Å². The summed E-state index contributed by atoms with van der Waals surface area (Å²) in [5.74, 6) is 1.04. The third kappa shape index (κ3) is 5.30. The van der Waals surface area contributed by atoms with Gasteiger partial charge in [-0.05, 0) is 76.3 Å². The highest BCUT2D eigenvalue weighted by Gasteiger charge is 2.32. The smallest absolute Gasteiger partial charge is 0.151 e. The normalized spacial score (nSPS) is 20.1. The third-order valence-corrected chi connectivity index (χ3v) is 8.00. The van der Waals surface area contributed by atoms with E-state index >= 15 is 4.39 Å². The van der Waals surface area contributed by atoms with Gasteiger partial charge >= 0.3 is 0 Å². The quantitative estimate of drug-likeness (QED) is 0.320. The third-order valence-electron chi connectivity index (χ3n) is 8.00. The molecule has 0 radical (unpaired) electrons. The molecule has 204 valence electrons. The molecule has 7 nitrogen and oxygen atoms in total. The molecular weight excluding hydrogens is 498 g/mol. The lowest BCUT2D eigenvalue weighted by molar-refractivity contribution is -0.0707. The first-order valence-electron chi connectivity index (χ1n) is 13.8. The number of hydrogen-bond acceptors (Lipinski definition) is 6. The van der Waals surface area contributed by atoms with Crippen molar-refractivity contribution in [2.45, 2.75) is 65.1 Å². The second-order valence-corrected chi connectivity index (χ2v) is 11.1. The molecule has 5 heterocycles. The van der Waals surface area contributed by atoms with Crippen molar-refractivity contribution in [3.05, 3.63) is 71.3 Å². The fourth-order valence-corrected chi connectivity index (χ4v) is 6.12. The summed E-state index contributed by atoms with van der Waals surface area (Å²) in [6.07, 6.45) is 9.23. The number of benzene rings is 1. The molecule has 2 aliphatic heterocycles. The van der Waals surface area contributed by atoms with Gasteiger partial charge < -0.3 is 9.30 Å². The van der Waals surface area contributed by atoms with Gasteiger partial charge in [0.15, 0.2) is 5.82 Å². The summed E-state index contributed by atoms with van der Waals surface area (Å²) in [7, 11) is 0. The summed E-state index contributed by atoms with van der Waals surface area (Å²) in [5, 5.41) is 0. The molecule has 0 aliphatic carbocycles. The molecule has 2 saturated heterocycles. The van der Waals surface area contributed by atoms with E-state index in [1.54, 1.807) is 12.1 Å². The molecule has 39 heavy (non-hydrogen) atoms. The minimum atomic E-state index is -0.508. The predicted octanol–water partition coefficient (Wildman–Crippen LogP) is 5.65. The first-order valence-corrected chi connectivity index (χ1v) is 13.8. The molecule has 2 aliphatic rings. The van der Waals surface area contributed by atoms with Crippen molar-refractivity contribution in [2.24, 2.45) is 5.92 Å². The highest BCUT2D eigenvalue weighted by Crippen LogP contribution is 2.32. The lowest BCUT2D eigenvalue weighted by Gasteiger charge is -2.41. The standard InChI is InChI=1S/C30H34F2N6O/c1-18(2)38-19(3)36-30-25(31)9-22(10-27(30)38)24-11-23(33-15-26(24)32)12-29-34-13-20(14-35-29)16-37-7-6-21-5-4-8-39-28(21)17-37/h9-11,13-15,18,21,28H,4-8,12,16-17H2,1-3H3. The van der Waals surface area contributed by atoms with Crippen LogP contribution in [0.4, 0.5) is 8.78 Å². The molecule has 0 bridgehead atoms. The number of aryl methyl sites for hydroxylation is 1. The van der Waals surface area contributed by atoms with Crippen LogP contribution in [0.5, 0.6) is 0 Å². The number of imidazole rings is 1. The van der Waals surface area contributed by atoms with E-state index in [9.17, 15) is 4.39 Å². The zero-order valence-electron chi connectivity index (χ0n) is 22.7. The highest BCUT2D eigenvalue weighted by molar-refractivity contribution is 5.83. The number of rotatable bonds is 6. The Balaban J connectivity index is 1.19. The number of likely N-dealkylation sites (tertiary alicyclic amines) is 1. The lowest BCUT2D eigenvalue weighted by atomic mass is 9.87. The zero-order valence-corrected chi connectivity index (χ0v) is 22.7. The van der Waals surface area contributed by atoms with Gasteiger partial charge in [0, 0.05) is 55.0 Å². The Bertz CT molecular complexity index is 1490. The summed E-state index contributed by atoms with van der Waals surface area (Å²) in [6, 6.07) is 4.89. The maximum atomic E-state index is 15.0. The largest absolute Gasteiger partial charge is 0.377 e. The minimum Gasteiger partial charge on any atom is -0.377 e. The molecule has 2 fully saturated rings. The SMILES string of the molecule is Cc1nc2c(F)cc(-c3cc(Cc4ncc(CN5CCC6CCCOC6C5)cn4)ncc3F)cc2n1C(C)C. The fourth-order valence-electron chi connectivity index (χ4n) is 6.12. The van der Waals surface area contributed by atoms with Gasteiger partial charge in [-0.1, -0.05) is 0 Å². The summed E-state index contributed by atoms with van der Waals surface area (Å²) < 4.78 is 37.9. The maximum absolute atomic E-state index is 15.0. The van der Waals surface area contributed by atoms with E-state index < -0.39 is 11.6 Å². The number of hydrogen-bond donors (Lipinski definition) is 0. The summed E-state index contributed by atoms with van der Waals surface area (Å²) in [6.45, 7) is 9.58. The van der Waals surface area contributed by atoms with E-state index in [0.29, 0.717) is 52.1 Å². The topological polar surface area (TPSA) is 69.0 Å². The van der Waals surface area contributed by atoms with Gasteiger partial charge in [-0.25, -0.2) is 23.7 Å². The van der Waals surface area contributed by atoms with Gasteiger partial charge in [0.25, 0.3) is 0 Å². The van der Waals surface area contributed by atoms with E-state index in [-0.39, 0.29) is 6.04 Å². The van der Waals surface area contributed by atoms with Gasteiger partial charge in [0.05, 0.1) is 24.2 Å². The van der Waals surface area contributed by atoms with Crippen LogP contribution in [0.15, 0.2) is 36.8 Å². The van der Waals surface area contributed by atoms with Crippen LogP contribution in [-0.4, -0.2) is 55.2 Å². The Hall–Kier alpha value is -3.30. The Morgan fingerprint density at radius 2 is 1.85 bits per heavy atom. The van der Waals surface area contributed by atoms with Crippen LogP contribution in [0.25, 0.3) is 22.2 Å². The molecule has 3 aromatic heterocycles. The first kappa shape index (κ1) is 26.0. The van der Waals surface area contributed by atoms with Crippen LogP contribution >= 0.6 is 0 Å². The van der Waals surface area contributed by atoms with Crippen LogP contribution < -0.4 is 0 Å². The number of fused-ring (bicyclic) bond motifs is 2. The summed E-state index contributed by atoms with van der Waals surface area (Å²) in [4.78, 5) is 20.2. The molecule has 0 saturated carbocycles. The maximum Gasteiger partial charge on any atom is 0.151 e. The Morgan fingerprint density at radius 3 is 2.64 bits per heavy atom. The molecule has 0 amide bonds. The monoisotopic (exact) mass is 532 g/mol. The summed E-state index contributed by atoms with van der Waals surface area (Å²) in [5.41, 5.74) is 3.35. The van der Waals surface area contributed by atoms with Crippen molar-refractivity contribution in [3.8, 4) is 11.1 Å². The van der Waals surface area contributed by atoms with Crippen LogP contribution in [0.2, 0.25) is 0 Å². The van der Waals surface area contributed by atoms with Gasteiger partial charge in [0.2, 0.25) is 0 Å².